The summed E-state index contributed by atoms with van der Waals surface area (Å²) in [6.45, 7) is 5.95. The van der Waals surface area contributed by atoms with Gasteiger partial charge in [0.2, 0.25) is 0 Å². The number of halogens is 1. The van der Waals surface area contributed by atoms with E-state index in [9.17, 15) is 4.79 Å². The Kier molecular flexibility index (Phi) is 6.75. The van der Waals surface area contributed by atoms with Crippen molar-refractivity contribution in [3.05, 3.63) is 22.8 Å². The Morgan fingerprint density at radius 2 is 2.15 bits per heavy atom. The molecular formula is C14H23ClN4O. The maximum Gasteiger partial charge on any atom is 0.271 e. The molecule has 0 atom stereocenters. The number of rotatable bonds is 7. The van der Waals surface area contributed by atoms with E-state index in [0.29, 0.717) is 17.6 Å². The van der Waals surface area contributed by atoms with Crippen LogP contribution in [0.4, 0.5) is 5.82 Å². The number of hydrogen-bond donors (Lipinski definition) is 2. The largest absolute Gasteiger partial charge is 0.384 e. The van der Waals surface area contributed by atoms with Crippen molar-refractivity contribution < 1.29 is 4.79 Å². The molecule has 0 bridgehead atoms. The Labute approximate surface area is 125 Å². The first-order valence-electron chi connectivity index (χ1n) is 6.82. The minimum Gasteiger partial charge on any atom is -0.384 e. The molecule has 112 valence electrons. The SMILES string of the molecule is CC(C)N(C)CCCCNC(=O)c1nc(N)ccc1Cl. The highest BCUT2D eigenvalue weighted by Gasteiger charge is 2.12. The fraction of sp³-hybridized carbons (Fsp3) is 0.571. The van der Waals surface area contributed by atoms with Crippen molar-refractivity contribution in [3.63, 3.8) is 0 Å². The zero-order valence-corrected chi connectivity index (χ0v) is 13.1. The fourth-order valence-corrected chi connectivity index (χ4v) is 1.84. The Morgan fingerprint density at radius 1 is 1.45 bits per heavy atom. The summed E-state index contributed by atoms with van der Waals surface area (Å²) in [4.78, 5) is 18.1. The summed E-state index contributed by atoms with van der Waals surface area (Å²) in [6, 6.07) is 3.69. The molecule has 20 heavy (non-hydrogen) atoms. The summed E-state index contributed by atoms with van der Waals surface area (Å²) in [5.74, 6) is 0.0117. The monoisotopic (exact) mass is 298 g/mol. The number of carbonyl (C=O) groups is 1. The average Bonchev–Trinajstić information content (AvgIpc) is 2.40. The van der Waals surface area contributed by atoms with E-state index >= 15 is 0 Å². The maximum atomic E-state index is 11.9. The molecular weight excluding hydrogens is 276 g/mol. The van der Waals surface area contributed by atoms with Crippen LogP contribution in [-0.4, -0.2) is 42.0 Å². The second-order valence-electron chi connectivity index (χ2n) is 5.10. The lowest BCUT2D eigenvalue weighted by Gasteiger charge is -2.20. The van der Waals surface area contributed by atoms with E-state index in [1.165, 1.54) is 0 Å². The summed E-state index contributed by atoms with van der Waals surface area (Å²) >= 11 is 5.92. The van der Waals surface area contributed by atoms with Crippen LogP contribution in [0.3, 0.4) is 0 Å². The number of unbranched alkanes of at least 4 members (excludes halogenated alkanes) is 1. The molecule has 6 heteroatoms. The van der Waals surface area contributed by atoms with Crippen LogP contribution in [-0.2, 0) is 0 Å². The molecule has 1 amide bonds. The molecule has 0 unspecified atom stereocenters. The van der Waals surface area contributed by atoms with Crippen molar-refractivity contribution in [1.29, 1.82) is 0 Å². The van der Waals surface area contributed by atoms with Crippen molar-refractivity contribution in [2.75, 3.05) is 25.9 Å². The smallest absolute Gasteiger partial charge is 0.271 e. The molecule has 0 aliphatic heterocycles. The number of carbonyl (C=O) groups excluding carboxylic acids is 1. The lowest BCUT2D eigenvalue weighted by molar-refractivity contribution is 0.0948. The molecule has 0 aliphatic rings. The third-order valence-electron chi connectivity index (χ3n) is 3.19. The van der Waals surface area contributed by atoms with Gasteiger partial charge in [0.25, 0.3) is 5.91 Å². The first-order valence-corrected chi connectivity index (χ1v) is 7.20. The number of hydrogen-bond acceptors (Lipinski definition) is 4. The quantitative estimate of drug-likeness (QED) is 0.757. The van der Waals surface area contributed by atoms with Crippen LogP contribution in [0.15, 0.2) is 12.1 Å². The highest BCUT2D eigenvalue weighted by Crippen LogP contribution is 2.14. The number of nitrogen functional groups attached to an aromatic ring is 1. The maximum absolute atomic E-state index is 11.9. The molecule has 3 N–H and O–H groups in total. The van der Waals surface area contributed by atoms with E-state index in [1.807, 2.05) is 0 Å². The third kappa shape index (κ3) is 5.35. The van der Waals surface area contributed by atoms with Gasteiger partial charge in [0, 0.05) is 12.6 Å². The van der Waals surface area contributed by atoms with Crippen LogP contribution in [0.5, 0.6) is 0 Å². The molecule has 0 radical (unpaired) electrons. The van der Waals surface area contributed by atoms with Gasteiger partial charge >= 0.3 is 0 Å². The van der Waals surface area contributed by atoms with Gasteiger partial charge in [-0.15, -0.1) is 0 Å². The minimum absolute atomic E-state index is 0.186. The van der Waals surface area contributed by atoms with Crippen LogP contribution in [0.1, 0.15) is 37.2 Å². The molecule has 0 saturated heterocycles. The summed E-state index contributed by atoms with van der Waals surface area (Å²) in [5, 5.41) is 3.13. The van der Waals surface area contributed by atoms with Crippen LogP contribution < -0.4 is 11.1 Å². The van der Waals surface area contributed by atoms with Crippen LogP contribution in [0.25, 0.3) is 0 Å². The summed E-state index contributed by atoms with van der Waals surface area (Å²) in [5.41, 5.74) is 5.73. The lowest BCUT2D eigenvalue weighted by Crippen LogP contribution is -2.29. The van der Waals surface area contributed by atoms with Gasteiger partial charge in [-0.05, 0) is 52.4 Å². The van der Waals surface area contributed by atoms with Gasteiger partial charge in [0.15, 0.2) is 0 Å². The predicted octanol–water partition coefficient (Wildman–Crippen LogP) is 2.17. The number of pyridine rings is 1. The van der Waals surface area contributed by atoms with Gasteiger partial charge in [-0.25, -0.2) is 4.98 Å². The van der Waals surface area contributed by atoms with Gasteiger partial charge in [0.1, 0.15) is 11.5 Å². The predicted molar refractivity (Wildman–Crippen MR) is 83.0 cm³/mol. The number of anilines is 1. The zero-order chi connectivity index (χ0) is 15.1. The highest BCUT2D eigenvalue weighted by atomic mass is 35.5. The minimum atomic E-state index is -0.278. The van der Waals surface area contributed by atoms with E-state index in [4.69, 9.17) is 17.3 Å². The van der Waals surface area contributed by atoms with Gasteiger partial charge in [0.05, 0.1) is 5.02 Å². The second-order valence-corrected chi connectivity index (χ2v) is 5.51. The number of aromatic nitrogens is 1. The summed E-state index contributed by atoms with van der Waals surface area (Å²) in [7, 11) is 2.10. The van der Waals surface area contributed by atoms with Crippen molar-refractivity contribution >= 4 is 23.3 Å². The standard InChI is InChI=1S/C14H23ClN4O/c1-10(2)19(3)9-5-4-8-17-14(20)13-11(15)6-7-12(16)18-13/h6-7,10H,4-5,8-9H2,1-3H3,(H2,16,18)(H,17,20). The number of nitrogens with zero attached hydrogens (tertiary/aromatic N) is 2. The Balaban J connectivity index is 2.32. The first kappa shape index (κ1) is 16.7. The average molecular weight is 299 g/mol. The number of nitrogens with one attached hydrogen (secondary N) is 1. The molecule has 1 rings (SSSR count). The van der Waals surface area contributed by atoms with Crippen LogP contribution in [0, 0.1) is 0 Å². The Bertz CT molecular complexity index is 451. The molecule has 1 aromatic rings. The highest BCUT2D eigenvalue weighted by molar-refractivity contribution is 6.33. The molecule has 1 aromatic heterocycles. The molecule has 0 saturated carbocycles. The summed E-state index contributed by atoms with van der Waals surface area (Å²) in [6.07, 6.45) is 1.95. The first-order chi connectivity index (χ1) is 9.41. The van der Waals surface area contributed by atoms with Crippen LogP contribution >= 0.6 is 11.6 Å². The second kappa shape index (κ2) is 8.07. The Morgan fingerprint density at radius 3 is 2.80 bits per heavy atom. The number of nitrogens with two attached hydrogens (primary N) is 1. The molecule has 0 aliphatic carbocycles. The fourth-order valence-electron chi connectivity index (χ4n) is 1.65. The van der Waals surface area contributed by atoms with Gasteiger partial charge in [-0.1, -0.05) is 11.6 Å². The van der Waals surface area contributed by atoms with Gasteiger partial charge < -0.3 is 16.0 Å². The van der Waals surface area contributed by atoms with Crippen molar-refractivity contribution in [2.45, 2.75) is 32.7 Å². The van der Waals surface area contributed by atoms with E-state index in [0.717, 1.165) is 19.4 Å². The van der Waals surface area contributed by atoms with E-state index < -0.39 is 0 Å². The van der Waals surface area contributed by atoms with Gasteiger partial charge in [-0.2, -0.15) is 0 Å². The number of amides is 1. The van der Waals surface area contributed by atoms with Crippen molar-refractivity contribution in [2.24, 2.45) is 0 Å². The topological polar surface area (TPSA) is 71.2 Å². The normalized spacial score (nSPS) is 11.1. The molecule has 0 aromatic carbocycles. The summed E-state index contributed by atoms with van der Waals surface area (Å²) < 4.78 is 0. The molecule has 0 spiro atoms. The molecule has 0 fully saturated rings. The van der Waals surface area contributed by atoms with Crippen molar-refractivity contribution in [1.82, 2.24) is 15.2 Å². The molecule has 5 nitrogen and oxygen atoms in total. The van der Waals surface area contributed by atoms with Crippen LogP contribution in [0.2, 0.25) is 5.02 Å². The Hall–Kier alpha value is -1.33. The van der Waals surface area contributed by atoms with Crippen molar-refractivity contribution in [3.8, 4) is 0 Å². The van der Waals surface area contributed by atoms with E-state index in [1.54, 1.807) is 12.1 Å². The zero-order valence-electron chi connectivity index (χ0n) is 12.3. The van der Waals surface area contributed by atoms with Gasteiger partial charge in [-0.3, -0.25) is 4.79 Å². The van der Waals surface area contributed by atoms with E-state index in [2.05, 4.69) is 36.1 Å². The van der Waals surface area contributed by atoms with E-state index in [-0.39, 0.29) is 17.4 Å². The lowest BCUT2D eigenvalue weighted by atomic mass is 10.2. The third-order valence-corrected chi connectivity index (χ3v) is 3.49. The molecule has 1 heterocycles.